The van der Waals surface area contributed by atoms with Crippen LogP contribution in [-0.4, -0.2) is 42.7 Å². The summed E-state index contributed by atoms with van der Waals surface area (Å²) in [6, 6.07) is 15.1. The lowest BCUT2D eigenvalue weighted by molar-refractivity contribution is 0.0955. The Morgan fingerprint density at radius 1 is 1.03 bits per heavy atom. The molecule has 0 radical (unpaired) electrons. The molecule has 34 heavy (non-hydrogen) atoms. The quantitative estimate of drug-likeness (QED) is 0.338. The second kappa shape index (κ2) is 12.0. The molecule has 180 valence electrons. The van der Waals surface area contributed by atoms with Gasteiger partial charge in [-0.05, 0) is 49.3 Å². The summed E-state index contributed by atoms with van der Waals surface area (Å²) in [5.41, 5.74) is 2.19. The van der Waals surface area contributed by atoms with Crippen molar-refractivity contribution in [1.29, 1.82) is 0 Å². The molecule has 0 aliphatic heterocycles. The lowest BCUT2D eigenvalue weighted by Crippen LogP contribution is -2.25. The van der Waals surface area contributed by atoms with Gasteiger partial charge in [0, 0.05) is 28.9 Å². The first-order valence-electron chi connectivity index (χ1n) is 12.0. The van der Waals surface area contributed by atoms with Gasteiger partial charge in [0.25, 0.3) is 5.91 Å². The predicted octanol–water partition coefficient (Wildman–Crippen LogP) is 6.18. The number of carbonyl (C=O) groups excluding carboxylic acids is 1. The molecule has 1 aliphatic rings. The number of thioether (sulfide) groups is 1. The summed E-state index contributed by atoms with van der Waals surface area (Å²) in [4.78, 5) is 17.8. The number of aromatic nitrogens is 1. The van der Waals surface area contributed by atoms with E-state index in [1.165, 1.54) is 32.1 Å². The van der Waals surface area contributed by atoms with Gasteiger partial charge in [-0.25, -0.2) is 4.98 Å². The van der Waals surface area contributed by atoms with Crippen LogP contribution in [0, 0.1) is 0 Å². The maximum Gasteiger partial charge on any atom is 0.252 e. The molecule has 2 N–H and O–H groups in total. The molecule has 1 aliphatic carbocycles. The highest BCUT2D eigenvalue weighted by Gasteiger charge is 2.15. The van der Waals surface area contributed by atoms with Gasteiger partial charge in [-0.2, -0.15) is 11.8 Å². The predicted molar refractivity (Wildman–Crippen MR) is 141 cm³/mol. The molecule has 6 nitrogen and oxygen atoms in total. The van der Waals surface area contributed by atoms with E-state index in [2.05, 4.69) is 22.4 Å². The Labute approximate surface area is 205 Å². The third kappa shape index (κ3) is 6.14. The lowest BCUT2D eigenvalue weighted by Gasteiger charge is -2.20. The molecule has 1 aromatic heterocycles. The molecule has 1 heterocycles. The minimum Gasteiger partial charge on any atom is -0.493 e. The van der Waals surface area contributed by atoms with Gasteiger partial charge in [0.1, 0.15) is 5.82 Å². The highest BCUT2D eigenvalue weighted by atomic mass is 32.2. The largest absolute Gasteiger partial charge is 0.493 e. The zero-order valence-electron chi connectivity index (χ0n) is 19.9. The molecule has 0 atom stereocenters. The van der Waals surface area contributed by atoms with Gasteiger partial charge in [-0.3, -0.25) is 4.79 Å². The Kier molecular flexibility index (Phi) is 8.52. The smallest absolute Gasteiger partial charge is 0.252 e. The van der Waals surface area contributed by atoms with Crippen LogP contribution in [-0.2, 0) is 0 Å². The van der Waals surface area contributed by atoms with Gasteiger partial charge in [0.2, 0.25) is 0 Å². The number of fused-ring (bicyclic) bond motifs is 1. The second-order valence-electron chi connectivity index (χ2n) is 8.51. The highest BCUT2D eigenvalue weighted by molar-refractivity contribution is 7.99. The number of anilines is 2. The van der Waals surface area contributed by atoms with Crippen molar-refractivity contribution in [2.45, 2.75) is 43.8 Å². The number of nitrogens with zero attached hydrogens (tertiary/aromatic N) is 1. The number of hydrogen-bond donors (Lipinski definition) is 2. The van der Waals surface area contributed by atoms with E-state index in [-0.39, 0.29) is 5.91 Å². The zero-order chi connectivity index (χ0) is 23.8. The van der Waals surface area contributed by atoms with Crippen molar-refractivity contribution in [1.82, 2.24) is 10.3 Å². The SMILES string of the molecule is COc1ccc(Nc2cc(C(=O)NCCCSC3CCCCC3)c3ccccc3n2)cc1OC. The van der Waals surface area contributed by atoms with Crippen LogP contribution in [0.3, 0.4) is 0 Å². The van der Waals surface area contributed by atoms with E-state index in [0.29, 0.717) is 29.4 Å². The first-order valence-corrected chi connectivity index (χ1v) is 13.0. The van der Waals surface area contributed by atoms with Gasteiger partial charge >= 0.3 is 0 Å². The van der Waals surface area contributed by atoms with Crippen LogP contribution in [0.2, 0.25) is 0 Å². The molecule has 0 saturated heterocycles. The summed E-state index contributed by atoms with van der Waals surface area (Å²) in [6.07, 6.45) is 7.78. The first-order chi connectivity index (χ1) is 16.7. The minimum atomic E-state index is -0.0726. The summed E-state index contributed by atoms with van der Waals surface area (Å²) in [5.74, 6) is 2.90. The Morgan fingerprint density at radius 2 is 1.82 bits per heavy atom. The number of carbonyl (C=O) groups is 1. The summed E-state index contributed by atoms with van der Waals surface area (Å²) in [7, 11) is 3.21. The lowest BCUT2D eigenvalue weighted by atomic mass is 10.0. The van der Waals surface area contributed by atoms with Crippen molar-refractivity contribution >= 4 is 40.1 Å². The fourth-order valence-electron chi connectivity index (χ4n) is 4.34. The number of nitrogens with one attached hydrogen (secondary N) is 2. The van der Waals surface area contributed by atoms with E-state index < -0.39 is 0 Å². The standard InChI is InChI=1S/C27H33N3O3S/c1-32-24-14-13-19(17-25(24)33-2)29-26-18-22(21-11-6-7-12-23(21)30-26)27(31)28-15-8-16-34-20-9-4-3-5-10-20/h6-7,11-14,17-18,20H,3-5,8-10,15-16H2,1-2H3,(H,28,31)(H,29,30). The molecule has 1 amide bonds. The van der Waals surface area contributed by atoms with Crippen LogP contribution in [0.15, 0.2) is 48.5 Å². The monoisotopic (exact) mass is 479 g/mol. The van der Waals surface area contributed by atoms with E-state index >= 15 is 0 Å². The molecule has 0 spiro atoms. The van der Waals surface area contributed by atoms with Crippen LogP contribution in [0.1, 0.15) is 48.9 Å². The van der Waals surface area contributed by atoms with Crippen LogP contribution in [0.4, 0.5) is 11.5 Å². The van der Waals surface area contributed by atoms with Gasteiger partial charge in [-0.15, -0.1) is 0 Å². The molecular weight excluding hydrogens is 446 g/mol. The summed E-state index contributed by atoms with van der Waals surface area (Å²) < 4.78 is 10.7. The van der Waals surface area contributed by atoms with E-state index in [1.807, 2.05) is 48.5 Å². The molecule has 2 aromatic carbocycles. The zero-order valence-corrected chi connectivity index (χ0v) is 20.7. The van der Waals surface area contributed by atoms with E-state index in [9.17, 15) is 4.79 Å². The topological polar surface area (TPSA) is 72.5 Å². The Hall–Kier alpha value is -2.93. The van der Waals surface area contributed by atoms with Crippen molar-refractivity contribution in [2.24, 2.45) is 0 Å². The molecule has 0 bridgehead atoms. The van der Waals surface area contributed by atoms with E-state index in [0.717, 1.165) is 34.0 Å². The number of amides is 1. The number of rotatable bonds is 10. The molecule has 1 saturated carbocycles. The first kappa shape index (κ1) is 24.2. The Bertz CT molecular complexity index is 1120. The fourth-order valence-corrected chi connectivity index (χ4v) is 5.65. The third-order valence-electron chi connectivity index (χ3n) is 6.13. The number of ether oxygens (including phenoxy) is 2. The van der Waals surface area contributed by atoms with E-state index in [1.54, 1.807) is 14.2 Å². The number of pyridine rings is 1. The van der Waals surface area contributed by atoms with Gasteiger partial charge in [0.05, 0.1) is 25.3 Å². The van der Waals surface area contributed by atoms with Gasteiger partial charge in [0.15, 0.2) is 11.5 Å². The highest BCUT2D eigenvalue weighted by Crippen LogP contribution is 2.32. The van der Waals surface area contributed by atoms with E-state index in [4.69, 9.17) is 14.5 Å². The van der Waals surface area contributed by atoms with Crippen molar-refractivity contribution in [3.05, 3.63) is 54.1 Å². The average Bonchev–Trinajstić information content (AvgIpc) is 2.88. The summed E-state index contributed by atoms with van der Waals surface area (Å²) in [6.45, 7) is 0.674. The molecule has 3 aromatic rings. The van der Waals surface area contributed by atoms with Crippen LogP contribution in [0.25, 0.3) is 10.9 Å². The average molecular weight is 480 g/mol. The maximum absolute atomic E-state index is 13.1. The third-order valence-corrected chi connectivity index (χ3v) is 7.60. The second-order valence-corrected chi connectivity index (χ2v) is 9.92. The van der Waals surface area contributed by atoms with Crippen molar-refractivity contribution < 1.29 is 14.3 Å². The van der Waals surface area contributed by atoms with Crippen molar-refractivity contribution in [3.8, 4) is 11.5 Å². The van der Waals surface area contributed by atoms with Gasteiger partial charge in [-0.1, -0.05) is 37.5 Å². The maximum atomic E-state index is 13.1. The van der Waals surface area contributed by atoms with Crippen LogP contribution >= 0.6 is 11.8 Å². The number of hydrogen-bond acceptors (Lipinski definition) is 6. The van der Waals surface area contributed by atoms with Crippen molar-refractivity contribution in [2.75, 3.05) is 31.8 Å². The number of methoxy groups -OCH3 is 2. The number of para-hydroxylation sites is 1. The minimum absolute atomic E-state index is 0.0726. The van der Waals surface area contributed by atoms with Crippen LogP contribution in [0.5, 0.6) is 11.5 Å². The van der Waals surface area contributed by atoms with Gasteiger partial charge < -0.3 is 20.1 Å². The molecular formula is C27H33N3O3S. The Balaban J connectivity index is 1.43. The Morgan fingerprint density at radius 3 is 2.62 bits per heavy atom. The molecule has 4 rings (SSSR count). The van der Waals surface area contributed by atoms with Crippen LogP contribution < -0.4 is 20.1 Å². The summed E-state index contributed by atoms with van der Waals surface area (Å²) in [5, 5.41) is 8.06. The summed E-state index contributed by atoms with van der Waals surface area (Å²) >= 11 is 2.07. The number of benzene rings is 2. The molecule has 0 unspecified atom stereocenters. The molecule has 1 fully saturated rings. The normalized spacial score (nSPS) is 14.1. The van der Waals surface area contributed by atoms with Crippen molar-refractivity contribution in [3.63, 3.8) is 0 Å². The molecule has 7 heteroatoms. The fraction of sp³-hybridized carbons (Fsp3) is 0.407.